The molecule has 7 heteroatoms. The van der Waals surface area contributed by atoms with E-state index in [0.717, 1.165) is 0 Å². The molecule has 0 bridgehead atoms. The van der Waals surface area contributed by atoms with Gasteiger partial charge in [-0.2, -0.15) is 0 Å². The number of carbonyl (C=O) groups is 1. The molecule has 18 heavy (non-hydrogen) atoms. The van der Waals surface area contributed by atoms with Crippen LogP contribution in [0.2, 0.25) is 5.02 Å². The van der Waals surface area contributed by atoms with E-state index in [1.54, 1.807) is 22.6 Å². The number of rotatable bonds is 3. The SMILES string of the molecule is CCN(C)C(=O)Cn1c(N)nc2cc(Cl)cnc21. The number of imidazole rings is 1. The van der Waals surface area contributed by atoms with E-state index in [2.05, 4.69) is 9.97 Å². The third kappa shape index (κ3) is 2.24. The first-order valence-electron chi connectivity index (χ1n) is 5.54. The van der Waals surface area contributed by atoms with Gasteiger partial charge in [0.05, 0.1) is 5.02 Å². The second kappa shape index (κ2) is 4.81. The first-order chi connectivity index (χ1) is 8.52. The molecule has 2 aromatic heterocycles. The zero-order chi connectivity index (χ0) is 13.3. The molecule has 2 rings (SSSR count). The molecule has 2 aromatic rings. The Labute approximate surface area is 109 Å². The number of nitrogen functional groups attached to an aromatic ring is 1. The Balaban J connectivity index is 2.39. The van der Waals surface area contributed by atoms with Crippen LogP contribution in [-0.4, -0.2) is 38.9 Å². The fourth-order valence-corrected chi connectivity index (χ4v) is 1.74. The summed E-state index contributed by atoms with van der Waals surface area (Å²) < 4.78 is 1.58. The van der Waals surface area contributed by atoms with Gasteiger partial charge in [-0.05, 0) is 13.0 Å². The summed E-state index contributed by atoms with van der Waals surface area (Å²) in [5, 5.41) is 0.490. The lowest BCUT2D eigenvalue weighted by Crippen LogP contribution is -2.30. The van der Waals surface area contributed by atoms with Crippen LogP contribution in [0.1, 0.15) is 6.92 Å². The molecule has 0 spiro atoms. The molecule has 1 amide bonds. The zero-order valence-corrected chi connectivity index (χ0v) is 11.0. The van der Waals surface area contributed by atoms with E-state index in [1.807, 2.05) is 6.92 Å². The van der Waals surface area contributed by atoms with Gasteiger partial charge in [-0.1, -0.05) is 11.6 Å². The molecule has 0 aliphatic carbocycles. The van der Waals surface area contributed by atoms with E-state index >= 15 is 0 Å². The van der Waals surface area contributed by atoms with Crippen molar-refractivity contribution in [3.8, 4) is 0 Å². The molecule has 0 aromatic carbocycles. The number of nitrogens with two attached hydrogens (primary N) is 1. The first-order valence-corrected chi connectivity index (χ1v) is 5.92. The maximum absolute atomic E-state index is 11.9. The Morgan fingerprint density at radius 3 is 3.00 bits per heavy atom. The van der Waals surface area contributed by atoms with Crippen molar-refractivity contribution in [2.45, 2.75) is 13.5 Å². The van der Waals surface area contributed by atoms with Gasteiger partial charge in [-0.15, -0.1) is 0 Å². The molecular formula is C11H14ClN5O. The fraction of sp³-hybridized carbons (Fsp3) is 0.364. The lowest BCUT2D eigenvalue weighted by Gasteiger charge is -2.15. The van der Waals surface area contributed by atoms with Gasteiger partial charge in [-0.3, -0.25) is 9.36 Å². The van der Waals surface area contributed by atoms with Crippen LogP contribution in [0.25, 0.3) is 11.2 Å². The van der Waals surface area contributed by atoms with Gasteiger partial charge in [0.1, 0.15) is 12.1 Å². The molecule has 0 atom stereocenters. The normalized spacial score (nSPS) is 10.8. The number of aromatic nitrogens is 3. The van der Waals surface area contributed by atoms with E-state index < -0.39 is 0 Å². The van der Waals surface area contributed by atoms with Gasteiger partial charge in [0, 0.05) is 19.8 Å². The van der Waals surface area contributed by atoms with Crippen LogP contribution in [-0.2, 0) is 11.3 Å². The number of pyridine rings is 1. The van der Waals surface area contributed by atoms with Crippen molar-refractivity contribution in [2.24, 2.45) is 0 Å². The van der Waals surface area contributed by atoms with Crippen LogP contribution in [0.15, 0.2) is 12.3 Å². The number of carbonyl (C=O) groups excluding carboxylic acids is 1. The topological polar surface area (TPSA) is 77.0 Å². The molecule has 0 aliphatic heterocycles. The standard InChI is InChI=1S/C11H14ClN5O/c1-3-16(2)9(18)6-17-10-8(15-11(17)13)4-7(12)5-14-10/h4-5H,3,6H2,1-2H3,(H2,13,15). The van der Waals surface area contributed by atoms with Crippen LogP contribution in [0.3, 0.4) is 0 Å². The predicted octanol–water partition coefficient (Wildman–Crippen LogP) is 1.15. The third-order valence-corrected chi connectivity index (χ3v) is 2.98. The molecule has 0 radical (unpaired) electrons. The highest BCUT2D eigenvalue weighted by molar-refractivity contribution is 6.31. The molecule has 0 aliphatic rings. The summed E-state index contributed by atoms with van der Waals surface area (Å²) >= 11 is 5.83. The first kappa shape index (κ1) is 12.6. The lowest BCUT2D eigenvalue weighted by molar-refractivity contribution is -0.130. The zero-order valence-electron chi connectivity index (χ0n) is 10.2. The largest absolute Gasteiger partial charge is 0.369 e. The number of halogens is 1. The summed E-state index contributed by atoms with van der Waals surface area (Å²) in [6.45, 7) is 2.68. The van der Waals surface area contributed by atoms with Crippen molar-refractivity contribution >= 4 is 34.6 Å². The molecule has 0 fully saturated rings. The van der Waals surface area contributed by atoms with Crippen molar-refractivity contribution in [3.05, 3.63) is 17.3 Å². The fourth-order valence-electron chi connectivity index (χ4n) is 1.59. The van der Waals surface area contributed by atoms with Crippen LogP contribution in [0.4, 0.5) is 5.95 Å². The van der Waals surface area contributed by atoms with Crippen LogP contribution in [0, 0.1) is 0 Å². The number of hydrogen-bond donors (Lipinski definition) is 1. The highest BCUT2D eigenvalue weighted by Gasteiger charge is 2.14. The van der Waals surface area contributed by atoms with Gasteiger partial charge >= 0.3 is 0 Å². The molecule has 96 valence electrons. The van der Waals surface area contributed by atoms with Gasteiger partial charge in [0.15, 0.2) is 5.65 Å². The van der Waals surface area contributed by atoms with E-state index in [-0.39, 0.29) is 18.4 Å². The maximum atomic E-state index is 11.9. The highest BCUT2D eigenvalue weighted by atomic mass is 35.5. The minimum Gasteiger partial charge on any atom is -0.369 e. The molecule has 0 saturated carbocycles. The molecule has 6 nitrogen and oxygen atoms in total. The summed E-state index contributed by atoms with van der Waals surface area (Å²) in [4.78, 5) is 21.8. The number of anilines is 1. The molecule has 2 N–H and O–H groups in total. The average molecular weight is 268 g/mol. The second-order valence-corrected chi connectivity index (χ2v) is 4.40. The molecular weight excluding hydrogens is 254 g/mol. The van der Waals surface area contributed by atoms with Crippen molar-refractivity contribution in [1.82, 2.24) is 19.4 Å². The van der Waals surface area contributed by atoms with Crippen molar-refractivity contribution < 1.29 is 4.79 Å². The summed E-state index contributed by atoms with van der Waals surface area (Å²) in [7, 11) is 1.74. The smallest absolute Gasteiger partial charge is 0.242 e. The van der Waals surface area contributed by atoms with Gasteiger partial charge in [0.25, 0.3) is 0 Å². The van der Waals surface area contributed by atoms with Crippen molar-refractivity contribution in [3.63, 3.8) is 0 Å². The minimum absolute atomic E-state index is 0.0414. The summed E-state index contributed by atoms with van der Waals surface area (Å²) in [6, 6.07) is 1.67. The molecule has 0 saturated heterocycles. The van der Waals surface area contributed by atoms with E-state index in [4.69, 9.17) is 17.3 Å². The number of hydrogen-bond acceptors (Lipinski definition) is 4. The van der Waals surface area contributed by atoms with Crippen molar-refractivity contribution in [1.29, 1.82) is 0 Å². The summed E-state index contributed by atoms with van der Waals surface area (Å²) in [6.07, 6.45) is 1.51. The Hall–Kier alpha value is -1.82. The Morgan fingerprint density at radius 2 is 2.33 bits per heavy atom. The second-order valence-electron chi connectivity index (χ2n) is 3.96. The number of fused-ring (bicyclic) bond motifs is 1. The van der Waals surface area contributed by atoms with Crippen LogP contribution >= 0.6 is 11.6 Å². The predicted molar refractivity (Wildman–Crippen MR) is 70.3 cm³/mol. The molecule has 2 heterocycles. The Kier molecular flexibility index (Phi) is 3.38. The van der Waals surface area contributed by atoms with E-state index in [0.29, 0.717) is 22.7 Å². The Morgan fingerprint density at radius 1 is 1.61 bits per heavy atom. The van der Waals surface area contributed by atoms with E-state index in [9.17, 15) is 4.79 Å². The van der Waals surface area contributed by atoms with Crippen LogP contribution in [0.5, 0.6) is 0 Å². The third-order valence-electron chi connectivity index (χ3n) is 2.77. The van der Waals surface area contributed by atoms with Crippen LogP contribution < -0.4 is 5.73 Å². The quantitative estimate of drug-likeness (QED) is 0.905. The van der Waals surface area contributed by atoms with Crippen molar-refractivity contribution in [2.75, 3.05) is 19.3 Å². The lowest BCUT2D eigenvalue weighted by atomic mass is 10.4. The summed E-state index contributed by atoms with van der Waals surface area (Å²) in [5.74, 6) is 0.220. The van der Waals surface area contributed by atoms with E-state index in [1.165, 1.54) is 6.20 Å². The number of likely N-dealkylation sites (N-methyl/N-ethyl adjacent to an activating group) is 1. The maximum Gasteiger partial charge on any atom is 0.242 e. The highest BCUT2D eigenvalue weighted by Crippen LogP contribution is 2.19. The summed E-state index contributed by atoms with van der Waals surface area (Å²) in [5.41, 5.74) is 6.95. The molecule has 0 unspecified atom stereocenters. The van der Waals surface area contributed by atoms with Gasteiger partial charge in [0.2, 0.25) is 11.9 Å². The average Bonchev–Trinajstić information content (AvgIpc) is 2.64. The van der Waals surface area contributed by atoms with Gasteiger partial charge < -0.3 is 10.6 Å². The number of amides is 1. The van der Waals surface area contributed by atoms with Gasteiger partial charge in [-0.25, -0.2) is 9.97 Å². The Bertz CT molecular complexity index is 594. The monoisotopic (exact) mass is 267 g/mol. The number of nitrogens with zero attached hydrogens (tertiary/aromatic N) is 4. The minimum atomic E-state index is -0.0414.